The molecule has 0 amide bonds. The molecule has 0 aromatic heterocycles. The van der Waals surface area contributed by atoms with Crippen LogP contribution in [-0.4, -0.2) is 13.1 Å². The Morgan fingerprint density at radius 1 is 1.25 bits per heavy atom. The van der Waals surface area contributed by atoms with E-state index < -0.39 is 0 Å². The van der Waals surface area contributed by atoms with Crippen molar-refractivity contribution >= 4 is 0 Å². The Balaban J connectivity index is 2.26. The van der Waals surface area contributed by atoms with Gasteiger partial charge in [0.1, 0.15) is 0 Å². The Hall–Kier alpha value is -0.820. The summed E-state index contributed by atoms with van der Waals surface area (Å²) in [7, 11) is 0. The summed E-state index contributed by atoms with van der Waals surface area (Å²) in [4.78, 5) is 0. The van der Waals surface area contributed by atoms with Gasteiger partial charge in [-0.05, 0) is 37.3 Å². The van der Waals surface area contributed by atoms with Crippen molar-refractivity contribution in [3.8, 4) is 0 Å². The van der Waals surface area contributed by atoms with Crippen LogP contribution >= 0.6 is 0 Å². The van der Waals surface area contributed by atoms with E-state index in [1.54, 1.807) is 0 Å². The molecule has 1 unspecified atom stereocenters. The van der Waals surface area contributed by atoms with E-state index in [0.717, 1.165) is 12.5 Å². The van der Waals surface area contributed by atoms with Crippen molar-refractivity contribution in [1.82, 2.24) is 5.32 Å². The third kappa shape index (κ3) is 2.46. The molecule has 1 nitrogen and oxygen atoms in total. The zero-order valence-electron chi connectivity index (χ0n) is 10.5. The average molecular weight is 217 g/mol. The van der Waals surface area contributed by atoms with E-state index in [0.29, 0.717) is 5.41 Å². The Kier molecular flexibility index (Phi) is 3.65. The lowest BCUT2D eigenvalue weighted by Crippen LogP contribution is -2.44. The molecule has 1 aliphatic heterocycles. The molecule has 1 aliphatic rings. The molecular weight excluding hydrogens is 194 g/mol. The molecule has 88 valence electrons. The lowest BCUT2D eigenvalue weighted by atomic mass is 9.70. The number of benzene rings is 1. The SMILES string of the molecule is CC(C)CC1(c2ccccc2)CCCNC1. The molecule has 1 fully saturated rings. The van der Waals surface area contributed by atoms with E-state index in [1.807, 2.05) is 0 Å². The van der Waals surface area contributed by atoms with Crippen molar-refractivity contribution in [2.45, 2.75) is 38.5 Å². The minimum Gasteiger partial charge on any atom is -0.316 e. The van der Waals surface area contributed by atoms with Gasteiger partial charge in [0.05, 0.1) is 0 Å². The van der Waals surface area contributed by atoms with E-state index in [1.165, 1.54) is 31.4 Å². The van der Waals surface area contributed by atoms with Crippen LogP contribution in [0.1, 0.15) is 38.7 Å². The number of hydrogen-bond acceptors (Lipinski definition) is 1. The molecule has 1 aromatic rings. The minimum absolute atomic E-state index is 0.383. The molecule has 1 saturated heterocycles. The summed E-state index contributed by atoms with van der Waals surface area (Å²) in [5.74, 6) is 0.764. The van der Waals surface area contributed by atoms with Gasteiger partial charge in [0, 0.05) is 12.0 Å². The third-order valence-corrected chi connectivity index (χ3v) is 3.66. The lowest BCUT2D eigenvalue weighted by Gasteiger charge is -2.39. The molecule has 0 radical (unpaired) electrons. The molecule has 1 heteroatoms. The van der Waals surface area contributed by atoms with Crippen molar-refractivity contribution in [2.75, 3.05) is 13.1 Å². The normalized spacial score (nSPS) is 25.9. The Bertz CT molecular complexity index is 309. The van der Waals surface area contributed by atoms with Crippen molar-refractivity contribution in [2.24, 2.45) is 5.92 Å². The van der Waals surface area contributed by atoms with Crippen LogP contribution < -0.4 is 5.32 Å². The number of rotatable bonds is 3. The number of piperidine rings is 1. The zero-order valence-corrected chi connectivity index (χ0v) is 10.5. The van der Waals surface area contributed by atoms with Crippen molar-refractivity contribution in [3.63, 3.8) is 0 Å². The summed E-state index contributed by atoms with van der Waals surface area (Å²) in [6.07, 6.45) is 3.94. The Morgan fingerprint density at radius 3 is 2.56 bits per heavy atom. The van der Waals surface area contributed by atoms with E-state index >= 15 is 0 Å². The summed E-state index contributed by atoms with van der Waals surface area (Å²) < 4.78 is 0. The summed E-state index contributed by atoms with van der Waals surface area (Å²) in [6, 6.07) is 11.1. The van der Waals surface area contributed by atoms with Crippen molar-refractivity contribution in [3.05, 3.63) is 35.9 Å². The van der Waals surface area contributed by atoms with E-state index in [-0.39, 0.29) is 0 Å². The van der Waals surface area contributed by atoms with Crippen LogP contribution in [0.15, 0.2) is 30.3 Å². The second-order valence-electron chi connectivity index (χ2n) is 5.52. The molecule has 1 heterocycles. The molecule has 2 rings (SSSR count). The molecule has 0 bridgehead atoms. The predicted octanol–water partition coefficient (Wildman–Crippen LogP) is 3.35. The van der Waals surface area contributed by atoms with E-state index in [4.69, 9.17) is 0 Å². The quantitative estimate of drug-likeness (QED) is 0.818. The fraction of sp³-hybridized carbons (Fsp3) is 0.600. The van der Waals surface area contributed by atoms with Gasteiger partial charge in [-0.2, -0.15) is 0 Å². The van der Waals surface area contributed by atoms with Gasteiger partial charge in [-0.3, -0.25) is 0 Å². The molecule has 16 heavy (non-hydrogen) atoms. The highest BCUT2D eigenvalue weighted by atomic mass is 14.9. The highest BCUT2D eigenvalue weighted by Crippen LogP contribution is 2.36. The first-order valence-corrected chi connectivity index (χ1v) is 6.49. The van der Waals surface area contributed by atoms with Crippen LogP contribution in [0.2, 0.25) is 0 Å². The Morgan fingerprint density at radius 2 is 2.00 bits per heavy atom. The topological polar surface area (TPSA) is 12.0 Å². The summed E-state index contributed by atoms with van der Waals surface area (Å²) in [6.45, 7) is 7.00. The highest BCUT2D eigenvalue weighted by Gasteiger charge is 2.34. The first-order valence-electron chi connectivity index (χ1n) is 6.49. The van der Waals surface area contributed by atoms with Crippen LogP contribution in [0, 0.1) is 5.92 Å². The van der Waals surface area contributed by atoms with Gasteiger partial charge in [-0.15, -0.1) is 0 Å². The van der Waals surface area contributed by atoms with Crippen LogP contribution in [0.3, 0.4) is 0 Å². The summed E-state index contributed by atoms with van der Waals surface area (Å²) in [5, 5.41) is 3.58. The highest BCUT2D eigenvalue weighted by molar-refractivity contribution is 5.26. The van der Waals surface area contributed by atoms with Gasteiger partial charge in [-0.25, -0.2) is 0 Å². The lowest BCUT2D eigenvalue weighted by molar-refractivity contribution is 0.262. The minimum atomic E-state index is 0.383. The van der Waals surface area contributed by atoms with Gasteiger partial charge in [0.2, 0.25) is 0 Å². The summed E-state index contributed by atoms with van der Waals surface area (Å²) in [5.41, 5.74) is 1.91. The van der Waals surface area contributed by atoms with E-state index in [2.05, 4.69) is 49.5 Å². The second kappa shape index (κ2) is 5.01. The molecular formula is C15H23N. The van der Waals surface area contributed by atoms with Gasteiger partial charge in [0.25, 0.3) is 0 Å². The largest absolute Gasteiger partial charge is 0.316 e. The first-order chi connectivity index (χ1) is 7.73. The van der Waals surface area contributed by atoms with Crippen LogP contribution in [0.4, 0.5) is 0 Å². The van der Waals surface area contributed by atoms with Crippen LogP contribution in [0.25, 0.3) is 0 Å². The second-order valence-corrected chi connectivity index (χ2v) is 5.52. The molecule has 1 N–H and O–H groups in total. The van der Waals surface area contributed by atoms with Gasteiger partial charge in [-0.1, -0.05) is 44.2 Å². The number of nitrogens with one attached hydrogen (secondary N) is 1. The third-order valence-electron chi connectivity index (χ3n) is 3.66. The fourth-order valence-corrected chi connectivity index (χ4v) is 3.08. The van der Waals surface area contributed by atoms with Gasteiger partial charge >= 0.3 is 0 Å². The molecule has 1 atom stereocenters. The maximum Gasteiger partial charge on any atom is 0.00806 e. The summed E-state index contributed by atoms with van der Waals surface area (Å²) >= 11 is 0. The van der Waals surface area contributed by atoms with Crippen molar-refractivity contribution < 1.29 is 0 Å². The zero-order chi connectivity index (χ0) is 11.4. The fourth-order valence-electron chi connectivity index (χ4n) is 3.08. The predicted molar refractivity (Wildman–Crippen MR) is 69.7 cm³/mol. The van der Waals surface area contributed by atoms with Crippen LogP contribution in [0.5, 0.6) is 0 Å². The van der Waals surface area contributed by atoms with Crippen molar-refractivity contribution in [1.29, 1.82) is 0 Å². The molecule has 0 aliphatic carbocycles. The smallest absolute Gasteiger partial charge is 0.00806 e. The van der Waals surface area contributed by atoms with E-state index in [9.17, 15) is 0 Å². The maximum absolute atomic E-state index is 3.58. The first kappa shape index (κ1) is 11.7. The van der Waals surface area contributed by atoms with Gasteiger partial charge < -0.3 is 5.32 Å². The number of hydrogen-bond donors (Lipinski definition) is 1. The Labute approximate surface area is 99.3 Å². The monoisotopic (exact) mass is 217 g/mol. The molecule has 0 spiro atoms. The maximum atomic E-state index is 3.58. The van der Waals surface area contributed by atoms with Gasteiger partial charge in [0.15, 0.2) is 0 Å². The van der Waals surface area contributed by atoms with Crippen LogP contribution in [-0.2, 0) is 5.41 Å². The molecule has 0 saturated carbocycles. The average Bonchev–Trinajstić information content (AvgIpc) is 2.30. The molecule has 1 aromatic carbocycles. The standard InChI is InChI=1S/C15H23N/c1-13(2)11-15(9-6-10-16-12-15)14-7-4-3-5-8-14/h3-5,7-8,13,16H,6,9-12H2,1-2H3.